The number of fused-ring (bicyclic) bond motifs is 1. The maximum atomic E-state index is 6.24. The van der Waals surface area contributed by atoms with Crippen LogP contribution >= 0.6 is 15.9 Å². The number of piperidine rings is 1. The second-order valence-corrected chi connectivity index (χ2v) is 8.36. The summed E-state index contributed by atoms with van der Waals surface area (Å²) in [7, 11) is 0. The Balaban J connectivity index is 1.57. The van der Waals surface area contributed by atoms with Gasteiger partial charge in [0.1, 0.15) is 5.82 Å². The molecule has 29 heavy (non-hydrogen) atoms. The van der Waals surface area contributed by atoms with E-state index in [-0.39, 0.29) is 0 Å². The molecule has 4 N–H and O–H groups in total. The summed E-state index contributed by atoms with van der Waals surface area (Å²) < 4.78 is 1.03. The van der Waals surface area contributed by atoms with Crippen LogP contribution in [-0.2, 0) is 0 Å². The van der Waals surface area contributed by atoms with E-state index in [0.29, 0.717) is 11.7 Å². The highest BCUT2D eigenvalue weighted by Gasteiger charge is 2.21. The summed E-state index contributed by atoms with van der Waals surface area (Å²) in [5.74, 6) is 0.952. The Hall–Kier alpha value is -2.77. The van der Waals surface area contributed by atoms with Gasteiger partial charge in [-0.25, -0.2) is 4.98 Å². The van der Waals surface area contributed by atoms with Crippen LogP contribution in [0.15, 0.2) is 53.4 Å². The molecule has 1 fully saturated rings. The van der Waals surface area contributed by atoms with Crippen molar-refractivity contribution in [1.82, 2.24) is 25.5 Å². The van der Waals surface area contributed by atoms with Crippen LogP contribution in [-0.4, -0.2) is 33.3 Å². The van der Waals surface area contributed by atoms with Crippen molar-refractivity contribution in [3.63, 3.8) is 0 Å². The molecule has 1 aromatic carbocycles. The zero-order valence-corrected chi connectivity index (χ0v) is 17.4. The number of aromatic amines is 1. The lowest BCUT2D eigenvalue weighted by molar-refractivity contribution is 0.453. The minimum atomic E-state index is 0.475. The van der Waals surface area contributed by atoms with Gasteiger partial charge in [0.25, 0.3) is 0 Å². The molecule has 7 heteroatoms. The summed E-state index contributed by atoms with van der Waals surface area (Å²) in [4.78, 5) is 9.11. The fourth-order valence-electron chi connectivity index (χ4n) is 4.03. The van der Waals surface area contributed by atoms with Crippen LogP contribution in [0.5, 0.6) is 0 Å². The maximum absolute atomic E-state index is 6.24. The Morgan fingerprint density at radius 1 is 0.931 bits per heavy atom. The van der Waals surface area contributed by atoms with Crippen molar-refractivity contribution >= 4 is 32.5 Å². The molecule has 0 radical (unpaired) electrons. The second kappa shape index (κ2) is 7.57. The lowest BCUT2D eigenvalue weighted by Crippen LogP contribution is -2.27. The molecule has 146 valence electrons. The molecule has 0 aliphatic carbocycles. The number of nitrogens with zero attached hydrogens (tertiary/aromatic N) is 3. The van der Waals surface area contributed by atoms with Gasteiger partial charge < -0.3 is 11.1 Å². The molecule has 5 rings (SSSR count). The number of nitrogen functional groups attached to an aromatic ring is 1. The number of nitrogens with two attached hydrogens (primary N) is 1. The van der Waals surface area contributed by atoms with Crippen LogP contribution < -0.4 is 11.1 Å². The summed E-state index contributed by atoms with van der Waals surface area (Å²) >= 11 is 3.54. The van der Waals surface area contributed by atoms with Crippen molar-refractivity contribution in [2.24, 2.45) is 0 Å². The molecule has 0 unspecified atom stereocenters. The number of pyridine rings is 2. The predicted molar refractivity (Wildman–Crippen MR) is 120 cm³/mol. The number of aromatic nitrogens is 4. The highest BCUT2D eigenvalue weighted by atomic mass is 79.9. The highest BCUT2D eigenvalue weighted by molar-refractivity contribution is 9.10. The third kappa shape index (κ3) is 3.52. The number of hydrogen-bond donors (Lipinski definition) is 3. The number of H-pyrrole nitrogens is 1. The van der Waals surface area contributed by atoms with E-state index in [2.05, 4.69) is 59.6 Å². The molecule has 4 aromatic rings. The van der Waals surface area contributed by atoms with Gasteiger partial charge in [-0.1, -0.05) is 22.0 Å². The van der Waals surface area contributed by atoms with E-state index in [1.54, 1.807) is 0 Å². The molecule has 0 bridgehead atoms. The average molecular weight is 449 g/mol. The highest BCUT2D eigenvalue weighted by Crippen LogP contribution is 2.35. The topological polar surface area (TPSA) is 92.5 Å². The average Bonchev–Trinajstić information content (AvgIpc) is 3.24. The fraction of sp³-hybridized carbons (Fsp3) is 0.227. The minimum Gasteiger partial charge on any atom is -0.383 e. The van der Waals surface area contributed by atoms with Crippen LogP contribution in [0.3, 0.4) is 0 Å². The summed E-state index contributed by atoms with van der Waals surface area (Å²) in [5.41, 5.74) is 11.2. The van der Waals surface area contributed by atoms with Gasteiger partial charge >= 0.3 is 0 Å². The Morgan fingerprint density at radius 3 is 2.66 bits per heavy atom. The fourth-order valence-corrected chi connectivity index (χ4v) is 4.41. The molecule has 1 saturated heterocycles. The zero-order chi connectivity index (χ0) is 19.8. The van der Waals surface area contributed by atoms with Crippen LogP contribution in [0, 0.1) is 0 Å². The zero-order valence-electron chi connectivity index (χ0n) is 15.8. The van der Waals surface area contributed by atoms with Gasteiger partial charge in [0.05, 0.1) is 11.9 Å². The van der Waals surface area contributed by atoms with E-state index in [1.807, 2.05) is 30.7 Å². The molecule has 0 atom stereocenters. The first kappa shape index (κ1) is 18.3. The Kier molecular flexibility index (Phi) is 4.77. The first-order valence-electron chi connectivity index (χ1n) is 9.74. The van der Waals surface area contributed by atoms with Crippen LogP contribution in [0.1, 0.15) is 24.5 Å². The SMILES string of the molecule is Nc1ncc(-c2cn[nH]c2C2CCNCC2)cc1-c1cc2cc(Br)ccc2cn1. The van der Waals surface area contributed by atoms with Crippen molar-refractivity contribution in [2.45, 2.75) is 18.8 Å². The van der Waals surface area contributed by atoms with E-state index in [4.69, 9.17) is 5.73 Å². The van der Waals surface area contributed by atoms with Crippen LogP contribution in [0.4, 0.5) is 5.82 Å². The van der Waals surface area contributed by atoms with Gasteiger partial charge in [-0.05, 0) is 55.6 Å². The molecular formula is C22H21BrN6. The number of anilines is 1. The molecule has 1 aliphatic rings. The minimum absolute atomic E-state index is 0.475. The first-order chi connectivity index (χ1) is 14.2. The van der Waals surface area contributed by atoms with E-state index in [1.165, 1.54) is 5.69 Å². The largest absolute Gasteiger partial charge is 0.383 e. The monoisotopic (exact) mass is 448 g/mol. The predicted octanol–water partition coefficient (Wildman–Crippen LogP) is 4.50. The third-order valence-electron chi connectivity index (χ3n) is 5.61. The van der Waals surface area contributed by atoms with Gasteiger partial charge in [0, 0.05) is 50.6 Å². The van der Waals surface area contributed by atoms with Crippen molar-refractivity contribution in [3.8, 4) is 22.4 Å². The van der Waals surface area contributed by atoms with Gasteiger partial charge in [0.2, 0.25) is 0 Å². The second-order valence-electron chi connectivity index (χ2n) is 7.44. The van der Waals surface area contributed by atoms with Crippen LogP contribution in [0.25, 0.3) is 33.2 Å². The summed E-state index contributed by atoms with van der Waals surface area (Å²) in [5, 5.41) is 13.2. The Morgan fingerprint density at radius 2 is 1.79 bits per heavy atom. The Labute approximate surface area is 177 Å². The molecule has 0 amide bonds. The smallest absolute Gasteiger partial charge is 0.132 e. The van der Waals surface area contributed by atoms with E-state index in [0.717, 1.165) is 63.6 Å². The van der Waals surface area contributed by atoms with Crippen LogP contribution in [0.2, 0.25) is 0 Å². The standard InChI is InChI=1S/C22H21BrN6/c23-17-2-1-14-10-26-20(9-15(14)7-17)18-8-16(11-27-22(18)24)19-12-28-29-21(19)13-3-5-25-6-4-13/h1-2,7-13,25H,3-6H2,(H2,24,27)(H,28,29). The number of hydrogen-bond acceptors (Lipinski definition) is 5. The summed E-state index contributed by atoms with van der Waals surface area (Å²) in [6.07, 6.45) is 7.80. The molecule has 0 spiro atoms. The normalized spacial score (nSPS) is 15.1. The van der Waals surface area contributed by atoms with Crippen molar-refractivity contribution in [2.75, 3.05) is 18.8 Å². The van der Waals surface area contributed by atoms with Crippen molar-refractivity contribution in [3.05, 3.63) is 59.1 Å². The first-order valence-corrected chi connectivity index (χ1v) is 10.5. The maximum Gasteiger partial charge on any atom is 0.132 e. The van der Waals surface area contributed by atoms with Gasteiger partial charge in [-0.3, -0.25) is 10.1 Å². The number of rotatable bonds is 3. The molecule has 4 heterocycles. The van der Waals surface area contributed by atoms with Gasteiger partial charge in [0.15, 0.2) is 0 Å². The van der Waals surface area contributed by atoms with E-state index in [9.17, 15) is 0 Å². The van der Waals surface area contributed by atoms with E-state index < -0.39 is 0 Å². The number of nitrogens with one attached hydrogen (secondary N) is 2. The molecule has 6 nitrogen and oxygen atoms in total. The van der Waals surface area contributed by atoms with Crippen molar-refractivity contribution in [1.29, 1.82) is 0 Å². The molecule has 0 saturated carbocycles. The van der Waals surface area contributed by atoms with E-state index >= 15 is 0 Å². The Bertz CT molecular complexity index is 1180. The van der Waals surface area contributed by atoms with Gasteiger partial charge in [-0.2, -0.15) is 5.10 Å². The van der Waals surface area contributed by atoms with Crippen molar-refractivity contribution < 1.29 is 0 Å². The molecule has 1 aliphatic heterocycles. The quantitative estimate of drug-likeness (QED) is 0.429. The third-order valence-corrected chi connectivity index (χ3v) is 6.10. The molecular weight excluding hydrogens is 428 g/mol. The lowest BCUT2D eigenvalue weighted by atomic mass is 9.90. The van der Waals surface area contributed by atoms with Gasteiger partial charge in [-0.15, -0.1) is 0 Å². The lowest BCUT2D eigenvalue weighted by Gasteiger charge is -2.22. The summed E-state index contributed by atoms with van der Waals surface area (Å²) in [6, 6.07) is 10.3. The number of halogens is 1. The number of benzene rings is 1. The molecule has 3 aromatic heterocycles. The summed E-state index contributed by atoms with van der Waals surface area (Å²) in [6.45, 7) is 2.07.